The fourth-order valence-electron chi connectivity index (χ4n) is 7.67. The zero-order chi connectivity index (χ0) is 37.4. The third-order valence-corrected chi connectivity index (χ3v) is 11.6. The lowest BCUT2D eigenvalue weighted by Crippen LogP contribution is -2.27. The van der Waals surface area contributed by atoms with Crippen LogP contribution >= 0.6 is 31.9 Å². The average molecular weight is 861 g/mol. The van der Waals surface area contributed by atoms with Gasteiger partial charge in [0.05, 0.1) is 45.8 Å². The Morgan fingerprint density at radius 1 is 0.778 bits per heavy atom. The van der Waals surface area contributed by atoms with E-state index < -0.39 is 0 Å². The number of pyridine rings is 2. The van der Waals surface area contributed by atoms with Crippen molar-refractivity contribution in [2.45, 2.75) is 76.3 Å². The molecule has 6 aromatic heterocycles. The van der Waals surface area contributed by atoms with Gasteiger partial charge in [-0.05, 0) is 86.7 Å². The smallest absolute Gasteiger partial charge is 0.309 e. The lowest BCUT2D eigenvalue weighted by Gasteiger charge is -2.30. The van der Waals surface area contributed by atoms with Gasteiger partial charge in [-0.1, -0.05) is 37.8 Å². The van der Waals surface area contributed by atoms with Gasteiger partial charge in [0.1, 0.15) is 11.6 Å². The summed E-state index contributed by atoms with van der Waals surface area (Å²) in [6.45, 7) is 1.50. The molecule has 0 aromatic carbocycles. The molecule has 2 saturated carbocycles. The van der Waals surface area contributed by atoms with Crippen molar-refractivity contribution in [1.82, 2.24) is 39.2 Å². The fourth-order valence-corrected chi connectivity index (χ4v) is 8.36. The topological polar surface area (TPSA) is 157 Å². The highest BCUT2D eigenvalue weighted by atomic mass is 79.9. The minimum Gasteiger partial charge on any atom is -0.469 e. The average Bonchev–Trinajstić information content (AvgIpc) is 3.81. The predicted octanol–water partition coefficient (Wildman–Crippen LogP) is 7.71. The SMILES string of the molecule is COC(=O)[C@H]1CCCC[C@H]1c1cc(NCc2cccnc2)n2ncc(Br)c2n1.OC[C@H]1CCCC[C@H]1c1cc(NCc2cccnc2)n2ncc(Br)c2n1. The second-order valence-electron chi connectivity index (χ2n) is 13.9. The van der Waals surface area contributed by atoms with E-state index in [1.54, 1.807) is 29.3 Å². The summed E-state index contributed by atoms with van der Waals surface area (Å²) in [5, 5.41) is 25.6. The van der Waals surface area contributed by atoms with Gasteiger partial charge in [0, 0.05) is 68.5 Å². The van der Waals surface area contributed by atoms with Crippen LogP contribution in [0.3, 0.4) is 0 Å². The van der Waals surface area contributed by atoms with Crippen molar-refractivity contribution in [3.63, 3.8) is 0 Å². The first-order valence-corrected chi connectivity index (χ1v) is 20.0. The first kappa shape index (κ1) is 37.8. The Bertz CT molecular complexity index is 2160. The lowest BCUT2D eigenvalue weighted by molar-refractivity contribution is -0.147. The van der Waals surface area contributed by atoms with Crippen molar-refractivity contribution in [3.8, 4) is 0 Å². The molecule has 3 N–H and O–H groups in total. The summed E-state index contributed by atoms with van der Waals surface area (Å²) in [6.07, 6.45) is 19.1. The molecule has 0 spiro atoms. The number of anilines is 2. The zero-order valence-corrected chi connectivity index (χ0v) is 33.3. The van der Waals surface area contributed by atoms with Gasteiger partial charge in [0.15, 0.2) is 11.3 Å². The Kier molecular flexibility index (Phi) is 12.5. The predicted molar refractivity (Wildman–Crippen MR) is 213 cm³/mol. The molecule has 6 aromatic rings. The molecule has 13 nitrogen and oxygen atoms in total. The maximum Gasteiger partial charge on any atom is 0.309 e. The van der Waals surface area contributed by atoms with Crippen LogP contribution < -0.4 is 10.6 Å². The normalized spacial score (nSPS) is 19.9. The number of aliphatic hydroxyl groups excluding tert-OH is 1. The van der Waals surface area contributed by atoms with E-state index in [1.165, 1.54) is 20.0 Å². The summed E-state index contributed by atoms with van der Waals surface area (Å²) in [5.74, 6) is 2.06. The monoisotopic (exact) mass is 858 g/mol. The number of nitrogens with zero attached hydrogens (tertiary/aromatic N) is 8. The van der Waals surface area contributed by atoms with Gasteiger partial charge in [-0.15, -0.1) is 0 Å². The van der Waals surface area contributed by atoms with Crippen LogP contribution in [0.4, 0.5) is 11.6 Å². The number of nitrogens with one attached hydrogen (secondary N) is 2. The number of carbonyl (C=O) groups is 1. The second-order valence-corrected chi connectivity index (χ2v) is 15.6. The zero-order valence-electron chi connectivity index (χ0n) is 30.1. The Labute approximate surface area is 330 Å². The summed E-state index contributed by atoms with van der Waals surface area (Å²) >= 11 is 7.09. The van der Waals surface area contributed by atoms with Crippen molar-refractivity contribution in [1.29, 1.82) is 0 Å². The molecule has 0 amide bonds. The largest absolute Gasteiger partial charge is 0.469 e. The summed E-state index contributed by atoms with van der Waals surface area (Å²) in [6, 6.07) is 12.0. The molecule has 6 heterocycles. The molecule has 54 heavy (non-hydrogen) atoms. The van der Waals surface area contributed by atoms with Crippen LogP contribution in [0.15, 0.2) is 82.5 Å². The van der Waals surface area contributed by atoms with Crippen LogP contribution in [-0.2, 0) is 22.6 Å². The van der Waals surface area contributed by atoms with E-state index >= 15 is 0 Å². The molecule has 2 fully saturated rings. The van der Waals surface area contributed by atoms with Gasteiger partial charge in [-0.3, -0.25) is 14.8 Å². The van der Waals surface area contributed by atoms with Crippen LogP contribution in [0.5, 0.6) is 0 Å². The van der Waals surface area contributed by atoms with E-state index in [0.717, 1.165) is 92.9 Å². The summed E-state index contributed by atoms with van der Waals surface area (Å²) in [7, 11) is 1.46. The van der Waals surface area contributed by atoms with Crippen molar-refractivity contribution >= 4 is 60.8 Å². The van der Waals surface area contributed by atoms with Crippen LogP contribution in [0.1, 0.15) is 85.7 Å². The van der Waals surface area contributed by atoms with Crippen molar-refractivity contribution in [3.05, 3.63) is 105 Å². The van der Waals surface area contributed by atoms with Gasteiger partial charge in [-0.25, -0.2) is 9.97 Å². The fraction of sp³-hybridized carbons (Fsp3) is 0.410. The molecule has 0 bridgehead atoms. The molecular weight excluding hydrogens is 816 g/mol. The molecule has 282 valence electrons. The van der Waals surface area contributed by atoms with E-state index in [4.69, 9.17) is 14.7 Å². The van der Waals surface area contributed by atoms with Gasteiger partial charge < -0.3 is 20.5 Å². The van der Waals surface area contributed by atoms with E-state index in [-0.39, 0.29) is 30.3 Å². The molecule has 0 radical (unpaired) electrons. The number of rotatable bonds is 10. The third kappa shape index (κ3) is 8.58. The molecule has 0 aliphatic heterocycles. The number of methoxy groups -OCH3 is 1. The number of hydrogen-bond acceptors (Lipinski definition) is 11. The maximum absolute atomic E-state index is 12.3. The number of aliphatic hydroxyl groups is 1. The van der Waals surface area contributed by atoms with Crippen LogP contribution in [0.2, 0.25) is 0 Å². The highest BCUT2D eigenvalue weighted by Crippen LogP contribution is 2.40. The highest BCUT2D eigenvalue weighted by Gasteiger charge is 2.34. The van der Waals surface area contributed by atoms with E-state index in [2.05, 4.69) is 68.7 Å². The minimum absolute atomic E-state index is 0.0481. The molecule has 15 heteroatoms. The van der Waals surface area contributed by atoms with Crippen LogP contribution in [-0.4, -0.2) is 64.0 Å². The van der Waals surface area contributed by atoms with Crippen molar-refractivity contribution in [2.24, 2.45) is 11.8 Å². The summed E-state index contributed by atoms with van der Waals surface area (Å²) < 4.78 is 10.4. The van der Waals surface area contributed by atoms with E-state index in [1.807, 2.05) is 47.2 Å². The van der Waals surface area contributed by atoms with Crippen LogP contribution in [0, 0.1) is 11.8 Å². The summed E-state index contributed by atoms with van der Waals surface area (Å²) in [4.78, 5) is 30.3. The van der Waals surface area contributed by atoms with Gasteiger partial charge >= 0.3 is 5.97 Å². The number of aromatic nitrogens is 8. The number of fused-ring (bicyclic) bond motifs is 2. The Hall–Kier alpha value is -4.47. The molecule has 0 unspecified atom stereocenters. The standard InChI is InChI=1S/C20H22BrN5O2.C19H22BrN5O/c1-28-20(27)15-7-3-2-6-14(15)17-9-18(23-11-13-5-4-8-22-10-13)26-19(25-17)16(21)12-24-26;20-16-11-23-25-18(22-10-13-4-3-7-21-9-13)8-17(24-19(16)25)15-6-2-1-5-14(15)12-26/h4-5,8-10,12,14-15,23H,2-3,6-7,11H2,1H3;3-4,7-9,11,14-15,22,26H,1-2,5-6,10,12H2/t14-,15+;14-,15-/m11/s1. The Balaban J connectivity index is 0.000000167. The highest BCUT2D eigenvalue weighted by molar-refractivity contribution is 9.11. The van der Waals surface area contributed by atoms with Crippen molar-refractivity contribution < 1.29 is 14.6 Å². The van der Waals surface area contributed by atoms with Crippen molar-refractivity contribution in [2.75, 3.05) is 24.4 Å². The Morgan fingerprint density at radius 3 is 1.81 bits per heavy atom. The number of esters is 1. The lowest BCUT2D eigenvalue weighted by atomic mass is 9.77. The minimum atomic E-state index is -0.151. The number of hydrogen-bond donors (Lipinski definition) is 3. The first-order valence-electron chi connectivity index (χ1n) is 18.5. The quantitative estimate of drug-likeness (QED) is 0.116. The first-order chi connectivity index (χ1) is 26.4. The molecule has 2 aliphatic rings. The Morgan fingerprint density at radius 2 is 1.30 bits per heavy atom. The van der Waals surface area contributed by atoms with Crippen LogP contribution in [0.25, 0.3) is 11.3 Å². The molecule has 4 atom stereocenters. The molecule has 8 rings (SSSR count). The summed E-state index contributed by atoms with van der Waals surface area (Å²) in [5.41, 5.74) is 5.66. The van der Waals surface area contributed by atoms with E-state index in [0.29, 0.717) is 19.0 Å². The molecular formula is C39H44Br2N10O3. The molecule has 2 aliphatic carbocycles. The van der Waals surface area contributed by atoms with E-state index in [9.17, 15) is 9.90 Å². The number of carbonyl (C=O) groups excluding carboxylic acids is 1. The molecule has 0 saturated heterocycles. The second kappa shape index (κ2) is 17.8. The maximum atomic E-state index is 12.3. The van der Waals surface area contributed by atoms with Gasteiger partial charge in [0.25, 0.3) is 0 Å². The number of ether oxygens (including phenoxy) is 1. The third-order valence-electron chi connectivity index (χ3n) is 10.5. The van der Waals surface area contributed by atoms with Gasteiger partial charge in [-0.2, -0.15) is 19.2 Å². The number of halogens is 2. The van der Waals surface area contributed by atoms with Gasteiger partial charge in [0.2, 0.25) is 0 Å².